The maximum Gasteiger partial charge on any atom is 0.229 e. The Bertz CT molecular complexity index is 654. The molecular weight excluding hydrogens is 262 g/mol. The minimum Gasteiger partial charge on any atom is -0.350 e. The Morgan fingerprint density at radius 2 is 2.19 bits per heavy atom. The van der Waals surface area contributed by atoms with E-state index >= 15 is 0 Å². The van der Waals surface area contributed by atoms with E-state index in [1.165, 1.54) is 5.56 Å². The lowest BCUT2D eigenvalue weighted by Gasteiger charge is -2.25. The molecule has 2 heterocycles. The summed E-state index contributed by atoms with van der Waals surface area (Å²) in [4.78, 5) is 16.8. The van der Waals surface area contributed by atoms with E-state index in [0.717, 1.165) is 23.4 Å². The summed E-state index contributed by atoms with van der Waals surface area (Å²) in [5.41, 5.74) is 4.35. The van der Waals surface area contributed by atoms with E-state index in [1.54, 1.807) is 6.20 Å². The van der Waals surface area contributed by atoms with Crippen LogP contribution in [0.25, 0.3) is 0 Å². The van der Waals surface area contributed by atoms with Gasteiger partial charge in [0.05, 0.1) is 18.2 Å². The molecule has 1 aliphatic rings. The lowest BCUT2D eigenvalue weighted by molar-refractivity contribution is -0.122. The number of rotatable bonds is 3. The first-order valence-electron chi connectivity index (χ1n) is 7.22. The number of benzene rings is 1. The molecule has 3 rings (SSSR count). The molecule has 1 atom stereocenters. The topological polar surface area (TPSA) is 54.0 Å². The molecule has 2 aromatic rings. The smallest absolute Gasteiger partial charge is 0.229 e. The number of carbonyl (C=O) groups is 1. The van der Waals surface area contributed by atoms with Gasteiger partial charge in [-0.1, -0.05) is 30.3 Å². The van der Waals surface area contributed by atoms with E-state index < -0.39 is 0 Å². The van der Waals surface area contributed by atoms with E-state index in [0.29, 0.717) is 13.1 Å². The average Bonchev–Trinajstić information content (AvgIpc) is 2.53. The minimum atomic E-state index is -0.126. The number of pyridine rings is 1. The fourth-order valence-corrected chi connectivity index (χ4v) is 2.73. The molecule has 4 nitrogen and oxygen atoms in total. The monoisotopic (exact) mass is 281 g/mol. The van der Waals surface area contributed by atoms with Gasteiger partial charge in [-0.15, -0.1) is 0 Å². The highest BCUT2D eigenvalue weighted by Crippen LogP contribution is 2.23. The molecule has 0 spiro atoms. The lowest BCUT2D eigenvalue weighted by Crippen LogP contribution is -2.38. The molecule has 0 radical (unpaired) electrons. The fourth-order valence-electron chi connectivity index (χ4n) is 2.73. The van der Waals surface area contributed by atoms with Crippen molar-refractivity contribution in [2.45, 2.75) is 25.9 Å². The number of fused-ring (bicyclic) bond motifs is 1. The maximum atomic E-state index is 12.5. The molecule has 2 N–H and O–H groups in total. The first-order valence-corrected chi connectivity index (χ1v) is 7.22. The highest BCUT2D eigenvalue weighted by molar-refractivity contribution is 5.84. The van der Waals surface area contributed by atoms with Crippen LogP contribution in [-0.4, -0.2) is 17.4 Å². The number of aromatic nitrogens is 1. The molecule has 21 heavy (non-hydrogen) atoms. The Balaban J connectivity index is 1.71. The Morgan fingerprint density at radius 3 is 3.05 bits per heavy atom. The van der Waals surface area contributed by atoms with Crippen LogP contribution in [0.15, 0.2) is 42.6 Å². The highest BCUT2D eigenvalue weighted by Gasteiger charge is 2.25. The van der Waals surface area contributed by atoms with Gasteiger partial charge in [-0.3, -0.25) is 9.78 Å². The molecule has 4 heteroatoms. The highest BCUT2D eigenvalue weighted by atomic mass is 16.1. The SMILES string of the molecule is Cc1cccnc1CNC(=O)C1CNCc2ccccc21. The van der Waals surface area contributed by atoms with E-state index in [-0.39, 0.29) is 11.8 Å². The molecule has 1 amide bonds. The summed E-state index contributed by atoms with van der Waals surface area (Å²) >= 11 is 0. The molecule has 0 aliphatic carbocycles. The van der Waals surface area contributed by atoms with Crippen molar-refractivity contribution in [1.82, 2.24) is 15.6 Å². The van der Waals surface area contributed by atoms with Crippen molar-refractivity contribution in [2.24, 2.45) is 0 Å². The second-order valence-electron chi connectivity index (χ2n) is 5.37. The Hall–Kier alpha value is -2.20. The van der Waals surface area contributed by atoms with Crippen molar-refractivity contribution in [3.8, 4) is 0 Å². The van der Waals surface area contributed by atoms with Gasteiger partial charge in [0, 0.05) is 19.3 Å². The zero-order valence-corrected chi connectivity index (χ0v) is 12.1. The van der Waals surface area contributed by atoms with Gasteiger partial charge in [-0.25, -0.2) is 0 Å². The first-order chi connectivity index (χ1) is 10.3. The Labute approximate surface area is 124 Å². The van der Waals surface area contributed by atoms with Crippen LogP contribution >= 0.6 is 0 Å². The summed E-state index contributed by atoms with van der Waals surface area (Å²) in [6, 6.07) is 12.0. The number of hydrogen-bond acceptors (Lipinski definition) is 3. The van der Waals surface area contributed by atoms with Gasteiger partial charge in [0.25, 0.3) is 0 Å². The van der Waals surface area contributed by atoms with Crippen molar-refractivity contribution in [1.29, 1.82) is 0 Å². The quantitative estimate of drug-likeness (QED) is 0.903. The summed E-state index contributed by atoms with van der Waals surface area (Å²) < 4.78 is 0. The predicted molar refractivity (Wildman–Crippen MR) is 81.7 cm³/mol. The number of nitrogens with one attached hydrogen (secondary N) is 2. The van der Waals surface area contributed by atoms with Crippen LogP contribution in [0.4, 0.5) is 0 Å². The molecule has 108 valence electrons. The maximum absolute atomic E-state index is 12.5. The third-order valence-corrected chi connectivity index (χ3v) is 3.96. The van der Waals surface area contributed by atoms with Crippen LogP contribution in [0.5, 0.6) is 0 Å². The van der Waals surface area contributed by atoms with Crippen molar-refractivity contribution in [2.75, 3.05) is 6.54 Å². The van der Waals surface area contributed by atoms with Gasteiger partial charge in [0.15, 0.2) is 0 Å². The van der Waals surface area contributed by atoms with Crippen LogP contribution in [0.1, 0.15) is 28.3 Å². The minimum absolute atomic E-state index is 0.0553. The zero-order chi connectivity index (χ0) is 14.7. The van der Waals surface area contributed by atoms with Crippen molar-refractivity contribution >= 4 is 5.91 Å². The van der Waals surface area contributed by atoms with Gasteiger partial charge in [-0.2, -0.15) is 0 Å². The van der Waals surface area contributed by atoms with E-state index in [4.69, 9.17) is 0 Å². The van der Waals surface area contributed by atoms with Crippen LogP contribution in [0, 0.1) is 6.92 Å². The summed E-state index contributed by atoms with van der Waals surface area (Å²) in [5.74, 6) is -0.0707. The zero-order valence-electron chi connectivity index (χ0n) is 12.1. The van der Waals surface area contributed by atoms with Crippen LogP contribution in [-0.2, 0) is 17.9 Å². The van der Waals surface area contributed by atoms with E-state index in [9.17, 15) is 4.79 Å². The van der Waals surface area contributed by atoms with Crippen LogP contribution in [0.3, 0.4) is 0 Å². The van der Waals surface area contributed by atoms with Gasteiger partial charge < -0.3 is 10.6 Å². The largest absolute Gasteiger partial charge is 0.350 e. The molecule has 1 aromatic carbocycles. The standard InChI is InChI=1S/C17H19N3O/c1-12-5-4-8-19-16(12)11-20-17(21)15-10-18-9-13-6-2-3-7-14(13)15/h2-8,15,18H,9-11H2,1H3,(H,20,21). The average molecular weight is 281 g/mol. The van der Waals surface area contributed by atoms with Gasteiger partial charge in [0.2, 0.25) is 5.91 Å². The predicted octanol–water partition coefficient (Wildman–Crippen LogP) is 1.89. The second-order valence-corrected chi connectivity index (χ2v) is 5.37. The van der Waals surface area contributed by atoms with Crippen molar-refractivity contribution in [3.05, 3.63) is 65.0 Å². The molecule has 0 saturated heterocycles. The van der Waals surface area contributed by atoms with Gasteiger partial charge in [0.1, 0.15) is 0 Å². The number of carbonyl (C=O) groups excluding carboxylic acids is 1. The molecular formula is C17H19N3O. The Morgan fingerprint density at radius 1 is 1.33 bits per heavy atom. The third-order valence-electron chi connectivity index (χ3n) is 3.96. The first kappa shape index (κ1) is 13.8. The lowest BCUT2D eigenvalue weighted by atomic mass is 9.90. The number of amides is 1. The number of aryl methyl sites for hydroxylation is 1. The molecule has 1 aromatic heterocycles. The van der Waals surface area contributed by atoms with E-state index in [2.05, 4.69) is 21.7 Å². The van der Waals surface area contributed by atoms with Crippen LogP contribution in [0.2, 0.25) is 0 Å². The number of nitrogens with zero attached hydrogens (tertiary/aromatic N) is 1. The normalized spacial score (nSPS) is 17.1. The molecule has 0 fully saturated rings. The van der Waals surface area contributed by atoms with Gasteiger partial charge in [-0.05, 0) is 29.7 Å². The van der Waals surface area contributed by atoms with Crippen molar-refractivity contribution < 1.29 is 4.79 Å². The molecule has 0 bridgehead atoms. The molecule has 0 saturated carbocycles. The van der Waals surface area contributed by atoms with Gasteiger partial charge >= 0.3 is 0 Å². The second kappa shape index (κ2) is 6.06. The molecule has 1 aliphatic heterocycles. The fraction of sp³-hybridized carbons (Fsp3) is 0.294. The number of hydrogen-bond donors (Lipinski definition) is 2. The van der Waals surface area contributed by atoms with E-state index in [1.807, 2.05) is 37.3 Å². The summed E-state index contributed by atoms with van der Waals surface area (Å²) in [5, 5.41) is 6.31. The van der Waals surface area contributed by atoms with Crippen LogP contribution < -0.4 is 10.6 Å². The van der Waals surface area contributed by atoms with Crippen molar-refractivity contribution in [3.63, 3.8) is 0 Å². The summed E-state index contributed by atoms with van der Waals surface area (Å²) in [6.45, 7) is 4.00. The summed E-state index contributed by atoms with van der Waals surface area (Å²) in [6.07, 6.45) is 1.76. The summed E-state index contributed by atoms with van der Waals surface area (Å²) in [7, 11) is 0. The Kier molecular flexibility index (Phi) is 3.97. The third kappa shape index (κ3) is 2.95. The molecule has 1 unspecified atom stereocenters.